The predicted octanol–water partition coefficient (Wildman–Crippen LogP) is 2.66. The molecule has 17 heavy (non-hydrogen) atoms. The number of hydrogen-bond acceptors (Lipinski definition) is 3. The number of hydrogen-bond donors (Lipinski definition) is 0. The van der Waals surface area contributed by atoms with Gasteiger partial charge in [0.05, 0.1) is 5.56 Å². The van der Waals surface area contributed by atoms with Crippen LogP contribution in [0.1, 0.15) is 30.4 Å². The third-order valence-corrected chi connectivity index (χ3v) is 2.83. The Labute approximate surface area is 98.9 Å². The van der Waals surface area contributed by atoms with Gasteiger partial charge in [0.25, 0.3) is 0 Å². The van der Waals surface area contributed by atoms with E-state index in [1.54, 1.807) is 12.3 Å². The van der Waals surface area contributed by atoms with E-state index in [4.69, 9.17) is 4.74 Å². The van der Waals surface area contributed by atoms with Gasteiger partial charge in [-0.3, -0.25) is 0 Å². The zero-order valence-electron chi connectivity index (χ0n) is 9.68. The van der Waals surface area contributed by atoms with Gasteiger partial charge in [-0.1, -0.05) is 12.1 Å². The van der Waals surface area contributed by atoms with E-state index >= 15 is 0 Å². The molecule has 1 aliphatic heterocycles. The van der Waals surface area contributed by atoms with E-state index in [1.807, 2.05) is 22.8 Å². The van der Waals surface area contributed by atoms with Crippen LogP contribution >= 0.6 is 0 Å². The van der Waals surface area contributed by atoms with Gasteiger partial charge in [-0.2, -0.15) is 0 Å². The molecule has 0 atom stereocenters. The van der Waals surface area contributed by atoms with Crippen molar-refractivity contribution in [1.29, 1.82) is 0 Å². The zero-order valence-corrected chi connectivity index (χ0v) is 9.68. The fourth-order valence-electron chi connectivity index (χ4n) is 1.98. The Morgan fingerprint density at radius 3 is 2.82 bits per heavy atom. The van der Waals surface area contributed by atoms with E-state index in [0.717, 1.165) is 11.4 Å². The molecule has 0 fully saturated rings. The molecule has 1 aromatic heterocycles. The SMILES string of the molecule is CC(C)n1cc2nc1-c1ccccc1OC2=O. The Bertz CT molecular complexity index is 599. The standard InChI is InChI=1S/C13H12N2O2/c1-8(2)15-7-10-13(16)17-11-6-4-3-5-9(11)12(15)14-10/h3-8H,1-2H3. The summed E-state index contributed by atoms with van der Waals surface area (Å²) in [5.41, 5.74) is 1.23. The maximum atomic E-state index is 11.8. The smallest absolute Gasteiger partial charge is 0.363 e. The number of benzene rings is 1. The molecule has 2 heterocycles. The molecule has 0 N–H and O–H groups in total. The van der Waals surface area contributed by atoms with Crippen molar-refractivity contribution >= 4 is 5.97 Å². The minimum absolute atomic E-state index is 0.255. The quantitative estimate of drug-likeness (QED) is 0.556. The largest absolute Gasteiger partial charge is 0.421 e. The number of fused-ring (bicyclic) bond motifs is 4. The van der Waals surface area contributed by atoms with E-state index in [9.17, 15) is 4.79 Å². The summed E-state index contributed by atoms with van der Waals surface area (Å²) in [5.74, 6) is 0.969. The summed E-state index contributed by atoms with van der Waals surface area (Å²) in [6, 6.07) is 7.72. The van der Waals surface area contributed by atoms with Crippen molar-refractivity contribution in [2.45, 2.75) is 19.9 Å². The summed E-state index contributed by atoms with van der Waals surface area (Å²) in [5, 5.41) is 0. The minimum atomic E-state index is -0.393. The van der Waals surface area contributed by atoms with Crippen LogP contribution in [0.15, 0.2) is 30.5 Å². The van der Waals surface area contributed by atoms with Crippen molar-refractivity contribution < 1.29 is 9.53 Å². The maximum absolute atomic E-state index is 11.8. The summed E-state index contributed by atoms with van der Waals surface area (Å²) >= 11 is 0. The summed E-state index contributed by atoms with van der Waals surface area (Å²) in [6.07, 6.45) is 1.75. The molecule has 0 saturated heterocycles. The van der Waals surface area contributed by atoms with E-state index in [2.05, 4.69) is 18.8 Å². The minimum Gasteiger partial charge on any atom is -0.421 e. The number of nitrogens with zero attached hydrogens (tertiary/aromatic N) is 2. The zero-order chi connectivity index (χ0) is 12.0. The molecular weight excluding hydrogens is 216 g/mol. The van der Waals surface area contributed by atoms with Gasteiger partial charge in [0.15, 0.2) is 5.69 Å². The van der Waals surface area contributed by atoms with Crippen LogP contribution in [0.2, 0.25) is 0 Å². The van der Waals surface area contributed by atoms with Crippen molar-refractivity contribution in [2.75, 3.05) is 0 Å². The summed E-state index contributed by atoms with van der Waals surface area (Å²) in [6.45, 7) is 4.12. The first kappa shape index (κ1) is 10.1. The first-order valence-electron chi connectivity index (χ1n) is 5.57. The second-order valence-corrected chi connectivity index (χ2v) is 4.34. The third-order valence-electron chi connectivity index (χ3n) is 2.83. The van der Waals surface area contributed by atoms with Gasteiger partial charge in [-0.25, -0.2) is 9.78 Å². The van der Waals surface area contributed by atoms with E-state index in [0.29, 0.717) is 11.4 Å². The van der Waals surface area contributed by atoms with Crippen LogP contribution in [0.3, 0.4) is 0 Å². The molecule has 4 heteroatoms. The maximum Gasteiger partial charge on any atom is 0.363 e. The van der Waals surface area contributed by atoms with Crippen LogP contribution in [0.5, 0.6) is 5.75 Å². The lowest BCUT2D eigenvalue weighted by molar-refractivity contribution is 0.0731. The van der Waals surface area contributed by atoms with Crippen molar-refractivity contribution in [2.24, 2.45) is 0 Å². The molecule has 0 aliphatic carbocycles. The Kier molecular flexibility index (Phi) is 2.04. The molecule has 2 aromatic rings. The fraction of sp³-hybridized carbons (Fsp3) is 0.231. The Morgan fingerprint density at radius 2 is 2.06 bits per heavy atom. The Hall–Kier alpha value is -2.10. The Morgan fingerprint density at radius 1 is 1.29 bits per heavy atom. The van der Waals surface area contributed by atoms with Crippen LogP contribution in [0.4, 0.5) is 0 Å². The number of para-hydroxylation sites is 1. The molecule has 4 nitrogen and oxygen atoms in total. The predicted molar refractivity (Wildman–Crippen MR) is 63.0 cm³/mol. The first-order chi connectivity index (χ1) is 8.16. The van der Waals surface area contributed by atoms with E-state index in [1.165, 1.54) is 0 Å². The Balaban J connectivity index is 2.31. The molecule has 86 valence electrons. The van der Waals surface area contributed by atoms with Crippen LogP contribution < -0.4 is 4.74 Å². The van der Waals surface area contributed by atoms with Gasteiger partial charge >= 0.3 is 5.97 Å². The highest BCUT2D eigenvalue weighted by molar-refractivity contribution is 5.92. The van der Waals surface area contributed by atoms with Crippen LogP contribution in [0.25, 0.3) is 11.4 Å². The number of esters is 1. The second kappa shape index (κ2) is 3.45. The van der Waals surface area contributed by atoms with Crippen molar-refractivity contribution in [3.63, 3.8) is 0 Å². The number of rotatable bonds is 1. The van der Waals surface area contributed by atoms with Gasteiger partial charge in [0.1, 0.15) is 11.6 Å². The van der Waals surface area contributed by atoms with Crippen LogP contribution in [0, 0.1) is 0 Å². The second-order valence-electron chi connectivity index (χ2n) is 4.34. The van der Waals surface area contributed by atoms with E-state index in [-0.39, 0.29) is 6.04 Å². The lowest BCUT2D eigenvalue weighted by Crippen LogP contribution is -2.10. The van der Waals surface area contributed by atoms with Gasteiger partial charge in [-0.05, 0) is 26.0 Å². The summed E-state index contributed by atoms with van der Waals surface area (Å²) in [7, 11) is 0. The highest BCUT2D eigenvalue weighted by Crippen LogP contribution is 2.33. The number of aromatic nitrogens is 2. The fourth-order valence-corrected chi connectivity index (χ4v) is 1.98. The van der Waals surface area contributed by atoms with Gasteiger partial charge < -0.3 is 9.30 Å². The van der Waals surface area contributed by atoms with Gasteiger partial charge in [0.2, 0.25) is 0 Å². The van der Waals surface area contributed by atoms with Crippen molar-refractivity contribution in [3.8, 4) is 17.1 Å². The lowest BCUT2D eigenvalue weighted by Gasteiger charge is -2.14. The molecule has 0 saturated carbocycles. The van der Waals surface area contributed by atoms with Gasteiger partial charge in [-0.15, -0.1) is 0 Å². The first-order valence-corrected chi connectivity index (χ1v) is 5.57. The molecule has 0 radical (unpaired) electrons. The summed E-state index contributed by atoms with van der Waals surface area (Å²) < 4.78 is 7.26. The third kappa shape index (κ3) is 1.45. The average molecular weight is 228 g/mol. The number of carbonyl (C=O) groups excluding carboxylic acids is 1. The molecule has 0 unspecified atom stereocenters. The molecule has 3 rings (SSSR count). The lowest BCUT2D eigenvalue weighted by atomic mass is 10.2. The summed E-state index contributed by atoms with van der Waals surface area (Å²) in [4.78, 5) is 16.1. The molecule has 1 aliphatic rings. The van der Waals surface area contributed by atoms with Crippen LogP contribution in [-0.4, -0.2) is 15.5 Å². The molecule has 2 bridgehead atoms. The number of carbonyl (C=O) groups is 1. The molecular formula is C13H12N2O2. The normalized spacial score (nSPS) is 13.2. The highest BCUT2D eigenvalue weighted by atomic mass is 16.5. The van der Waals surface area contributed by atoms with E-state index < -0.39 is 5.97 Å². The average Bonchev–Trinajstić information content (AvgIpc) is 2.68. The molecule has 0 amide bonds. The topological polar surface area (TPSA) is 44.1 Å². The van der Waals surface area contributed by atoms with Crippen molar-refractivity contribution in [3.05, 3.63) is 36.2 Å². The van der Waals surface area contributed by atoms with Crippen molar-refractivity contribution in [1.82, 2.24) is 9.55 Å². The van der Waals surface area contributed by atoms with Crippen LogP contribution in [-0.2, 0) is 0 Å². The highest BCUT2D eigenvalue weighted by Gasteiger charge is 2.25. The number of imidazole rings is 1. The monoisotopic (exact) mass is 228 g/mol. The molecule has 0 spiro atoms. The molecule has 1 aromatic carbocycles. The number of ether oxygens (including phenoxy) is 1. The van der Waals surface area contributed by atoms with Gasteiger partial charge in [0, 0.05) is 12.2 Å².